The van der Waals surface area contributed by atoms with Crippen molar-refractivity contribution in [3.05, 3.63) is 26.8 Å². The van der Waals surface area contributed by atoms with E-state index in [0.29, 0.717) is 5.56 Å². The van der Waals surface area contributed by atoms with Gasteiger partial charge in [0.2, 0.25) is 0 Å². The van der Waals surface area contributed by atoms with Gasteiger partial charge in [-0.3, -0.25) is 0 Å². The monoisotopic (exact) mass is 275 g/mol. The van der Waals surface area contributed by atoms with Gasteiger partial charge in [-0.25, -0.2) is 0 Å². The number of benzene rings is 1. The van der Waals surface area contributed by atoms with Gasteiger partial charge < -0.3 is 0 Å². The summed E-state index contributed by atoms with van der Waals surface area (Å²) < 4.78 is 1.03. The van der Waals surface area contributed by atoms with Crippen LogP contribution >= 0.6 is 35.2 Å². The van der Waals surface area contributed by atoms with E-state index in [-0.39, 0.29) is 0 Å². The maximum atomic E-state index is 8.67. The minimum absolute atomic E-state index is 0.651. The lowest BCUT2D eigenvalue weighted by Crippen LogP contribution is -1.84. The number of aryl methyl sites for hydroxylation is 1. The molecule has 0 atom stereocenters. The third-order valence-corrected chi connectivity index (χ3v) is 3.09. The van der Waals surface area contributed by atoms with Crippen LogP contribution in [0, 0.1) is 21.8 Å². The molecule has 3 heteroatoms. The molecule has 0 unspecified atom stereocenters. The molecule has 0 saturated heterocycles. The van der Waals surface area contributed by atoms with Gasteiger partial charge in [-0.2, -0.15) is 5.26 Å². The summed E-state index contributed by atoms with van der Waals surface area (Å²) >= 11 is 6.38. The van der Waals surface area contributed by atoms with Crippen molar-refractivity contribution in [2.45, 2.75) is 11.8 Å². The van der Waals surface area contributed by atoms with E-state index in [0.717, 1.165) is 14.0 Å². The summed E-state index contributed by atoms with van der Waals surface area (Å²) in [6.45, 7) is 1.97. The molecule has 0 aliphatic rings. The van der Waals surface area contributed by atoms with Crippen LogP contribution in [-0.2, 0) is 0 Å². The molecule has 0 bridgehead atoms. The maximum absolute atomic E-state index is 8.67. The Morgan fingerprint density at radius 2 is 2.18 bits per heavy atom. The molecule has 1 aromatic rings. The number of nitrogens with zero attached hydrogens (tertiary/aromatic N) is 1. The van der Waals surface area contributed by atoms with Crippen molar-refractivity contribution >= 4 is 35.2 Å². The first-order valence-electron chi connectivity index (χ1n) is 3.04. The van der Waals surface area contributed by atoms with Crippen LogP contribution in [-0.4, -0.2) is 0 Å². The zero-order valence-corrected chi connectivity index (χ0v) is 8.98. The van der Waals surface area contributed by atoms with Crippen molar-refractivity contribution < 1.29 is 0 Å². The van der Waals surface area contributed by atoms with Gasteiger partial charge in [0, 0.05) is 8.47 Å². The van der Waals surface area contributed by atoms with Crippen molar-refractivity contribution in [3.63, 3.8) is 0 Å². The van der Waals surface area contributed by atoms with Crippen LogP contribution in [0.15, 0.2) is 17.0 Å². The molecule has 1 aromatic carbocycles. The molecule has 0 saturated carbocycles. The summed E-state index contributed by atoms with van der Waals surface area (Å²) in [4.78, 5) is 0.777. The van der Waals surface area contributed by atoms with Crippen molar-refractivity contribution in [3.8, 4) is 6.07 Å². The van der Waals surface area contributed by atoms with Gasteiger partial charge in [0.15, 0.2) is 0 Å². The highest BCUT2D eigenvalue weighted by atomic mass is 127. The lowest BCUT2D eigenvalue weighted by atomic mass is 10.2. The average Bonchev–Trinajstić information content (AvgIpc) is 1.96. The van der Waals surface area contributed by atoms with Gasteiger partial charge in [0.1, 0.15) is 6.07 Å². The first-order chi connectivity index (χ1) is 5.15. The van der Waals surface area contributed by atoms with Crippen molar-refractivity contribution in [2.24, 2.45) is 0 Å². The molecule has 0 amide bonds. The van der Waals surface area contributed by atoms with E-state index in [1.165, 1.54) is 0 Å². The fourth-order valence-corrected chi connectivity index (χ4v) is 1.78. The largest absolute Gasteiger partial charge is 0.192 e. The van der Waals surface area contributed by atoms with E-state index in [2.05, 4.69) is 41.3 Å². The molecule has 1 rings (SSSR count). The zero-order chi connectivity index (χ0) is 8.43. The van der Waals surface area contributed by atoms with E-state index in [4.69, 9.17) is 5.26 Å². The lowest BCUT2D eigenvalue weighted by molar-refractivity contribution is 1.29. The summed E-state index contributed by atoms with van der Waals surface area (Å²) in [5.74, 6) is 0. The highest BCUT2D eigenvalue weighted by molar-refractivity contribution is 14.1. The SMILES string of the molecule is Cc1cc(I)c(S)c(C#N)c1. The fraction of sp³-hybridized carbons (Fsp3) is 0.125. The molecule has 0 aliphatic carbocycles. The Balaban J connectivity index is 3.39. The van der Waals surface area contributed by atoms with Crippen LogP contribution in [0.25, 0.3) is 0 Å². The predicted molar refractivity (Wildman–Crippen MR) is 55.9 cm³/mol. The second-order valence-corrected chi connectivity index (χ2v) is 3.86. The molecule has 0 N–H and O–H groups in total. The highest BCUT2D eigenvalue weighted by Crippen LogP contribution is 2.21. The van der Waals surface area contributed by atoms with Gasteiger partial charge >= 0.3 is 0 Å². The number of hydrogen-bond donors (Lipinski definition) is 1. The van der Waals surface area contributed by atoms with Gasteiger partial charge in [0.05, 0.1) is 5.56 Å². The molecule has 1 nitrogen and oxygen atoms in total. The Bertz CT molecular complexity index is 328. The van der Waals surface area contributed by atoms with E-state index in [1.807, 2.05) is 19.1 Å². The molecule has 0 fully saturated rings. The van der Waals surface area contributed by atoms with Crippen molar-refractivity contribution in [2.75, 3.05) is 0 Å². The summed E-state index contributed by atoms with van der Waals surface area (Å²) in [6.07, 6.45) is 0. The third-order valence-electron chi connectivity index (χ3n) is 1.33. The first-order valence-corrected chi connectivity index (χ1v) is 4.57. The fourth-order valence-electron chi connectivity index (χ4n) is 0.820. The molecule has 56 valence electrons. The Hall–Kier alpha value is -0.210. The van der Waals surface area contributed by atoms with Crippen LogP contribution in [0.5, 0.6) is 0 Å². The molecule has 0 radical (unpaired) electrons. The highest BCUT2D eigenvalue weighted by Gasteiger charge is 2.02. The number of halogens is 1. The van der Waals surface area contributed by atoms with Crippen LogP contribution < -0.4 is 0 Å². The molecular formula is C8H6INS. The van der Waals surface area contributed by atoms with Crippen LogP contribution in [0.4, 0.5) is 0 Å². The summed E-state index contributed by atoms with van der Waals surface area (Å²) in [5, 5.41) is 8.67. The lowest BCUT2D eigenvalue weighted by Gasteiger charge is -2.00. The number of thiol groups is 1. The van der Waals surface area contributed by atoms with Gasteiger partial charge in [-0.15, -0.1) is 12.6 Å². The summed E-state index contributed by atoms with van der Waals surface area (Å²) in [5.41, 5.74) is 1.75. The molecule has 11 heavy (non-hydrogen) atoms. The topological polar surface area (TPSA) is 23.8 Å². The number of hydrogen-bond acceptors (Lipinski definition) is 2. The van der Waals surface area contributed by atoms with Crippen LogP contribution in [0.3, 0.4) is 0 Å². The molecule has 0 aliphatic heterocycles. The first kappa shape index (κ1) is 8.88. The zero-order valence-electron chi connectivity index (χ0n) is 5.93. The molecule has 0 heterocycles. The Morgan fingerprint density at radius 1 is 1.55 bits per heavy atom. The number of rotatable bonds is 0. The molecule has 0 aromatic heterocycles. The maximum Gasteiger partial charge on any atom is 0.100 e. The van der Waals surface area contributed by atoms with Gasteiger partial charge in [-0.1, -0.05) is 0 Å². The van der Waals surface area contributed by atoms with Crippen molar-refractivity contribution in [1.82, 2.24) is 0 Å². The standard InChI is InChI=1S/C8H6INS/c1-5-2-6(4-10)8(11)7(9)3-5/h2-3,11H,1H3. The van der Waals surface area contributed by atoms with Crippen LogP contribution in [0.2, 0.25) is 0 Å². The van der Waals surface area contributed by atoms with Crippen molar-refractivity contribution in [1.29, 1.82) is 5.26 Å². The van der Waals surface area contributed by atoms with E-state index < -0.39 is 0 Å². The minimum atomic E-state index is 0.651. The van der Waals surface area contributed by atoms with Gasteiger partial charge in [-0.05, 0) is 47.2 Å². The molecule has 0 spiro atoms. The second kappa shape index (κ2) is 3.46. The third kappa shape index (κ3) is 1.88. The van der Waals surface area contributed by atoms with E-state index in [9.17, 15) is 0 Å². The quantitative estimate of drug-likeness (QED) is 0.571. The Morgan fingerprint density at radius 3 is 2.73 bits per heavy atom. The van der Waals surface area contributed by atoms with Gasteiger partial charge in [0.25, 0.3) is 0 Å². The predicted octanol–water partition coefficient (Wildman–Crippen LogP) is 2.76. The average molecular weight is 275 g/mol. The Kier molecular flexibility index (Phi) is 2.79. The molecular weight excluding hydrogens is 269 g/mol. The normalized spacial score (nSPS) is 9.27. The Labute approximate surface area is 85.0 Å². The van der Waals surface area contributed by atoms with E-state index in [1.54, 1.807) is 0 Å². The minimum Gasteiger partial charge on any atom is -0.192 e. The number of nitriles is 1. The second-order valence-electron chi connectivity index (χ2n) is 2.25. The summed E-state index contributed by atoms with van der Waals surface area (Å²) in [6, 6.07) is 5.94. The smallest absolute Gasteiger partial charge is 0.100 e. The van der Waals surface area contributed by atoms with Crippen LogP contribution in [0.1, 0.15) is 11.1 Å². The van der Waals surface area contributed by atoms with E-state index >= 15 is 0 Å². The summed E-state index contributed by atoms with van der Waals surface area (Å²) in [7, 11) is 0.